The second-order valence-electron chi connectivity index (χ2n) is 7.70. The molecule has 0 saturated heterocycles. The molecule has 0 aliphatic heterocycles. The Labute approximate surface area is 204 Å². The largest absolute Gasteiger partial charge is 0.352 e. The molecule has 9 heteroatoms. The molecule has 0 bridgehead atoms. The lowest BCUT2D eigenvalue weighted by atomic mass is 10.1. The maximum atomic E-state index is 12.8. The van der Waals surface area contributed by atoms with Crippen molar-refractivity contribution in [3.63, 3.8) is 0 Å². The Morgan fingerprint density at radius 3 is 2.29 bits per heavy atom. The quantitative estimate of drug-likeness (QED) is 0.446. The van der Waals surface area contributed by atoms with Crippen molar-refractivity contribution in [1.82, 2.24) is 5.32 Å². The van der Waals surface area contributed by atoms with Crippen LogP contribution in [-0.2, 0) is 16.6 Å². The molecule has 3 aromatic rings. The van der Waals surface area contributed by atoms with E-state index in [1.807, 2.05) is 6.92 Å². The van der Waals surface area contributed by atoms with Crippen molar-refractivity contribution in [2.45, 2.75) is 19.9 Å². The van der Waals surface area contributed by atoms with Crippen LogP contribution >= 0.6 is 11.6 Å². The van der Waals surface area contributed by atoms with E-state index in [-0.39, 0.29) is 18.4 Å². The van der Waals surface area contributed by atoms with Gasteiger partial charge in [-0.05, 0) is 54.4 Å². The molecule has 0 aliphatic carbocycles. The summed E-state index contributed by atoms with van der Waals surface area (Å²) in [6, 6.07) is 20.0. The predicted molar refractivity (Wildman–Crippen MR) is 136 cm³/mol. The first kappa shape index (κ1) is 25.3. The second kappa shape index (κ2) is 11.2. The van der Waals surface area contributed by atoms with Gasteiger partial charge in [-0.25, -0.2) is 8.42 Å². The van der Waals surface area contributed by atoms with E-state index in [0.29, 0.717) is 39.6 Å². The first-order valence-electron chi connectivity index (χ1n) is 10.7. The number of nitrogens with one attached hydrogen (secondary N) is 2. The average molecular weight is 500 g/mol. The minimum atomic E-state index is -3.56. The first-order valence-corrected chi connectivity index (χ1v) is 12.9. The molecule has 3 rings (SSSR count). The fourth-order valence-corrected chi connectivity index (χ4v) is 4.34. The van der Waals surface area contributed by atoms with E-state index in [4.69, 9.17) is 11.6 Å². The van der Waals surface area contributed by atoms with Crippen LogP contribution in [0.2, 0.25) is 5.02 Å². The van der Waals surface area contributed by atoms with E-state index in [2.05, 4.69) is 10.6 Å². The van der Waals surface area contributed by atoms with Crippen molar-refractivity contribution >= 4 is 44.8 Å². The first-order chi connectivity index (χ1) is 16.2. The Morgan fingerprint density at radius 2 is 1.65 bits per heavy atom. The summed E-state index contributed by atoms with van der Waals surface area (Å²) in [4.78, 5) is 25.2. The summed E-state index contributed by atoms with van der Waals surface area (Å²) in [7, 11) is -3.56. The van der Waals surface area contributed by atoms with Gasteiger partial charge in [-0.15, -0.1) is 0 Å². The molecule has 0 atom stereocenters. The summed E-state index contributed by atoms with van der Waals surface area (Å²) in [6.07, 6.45) is 1.94. The molecule has 178 valence electrons. The third kappa shape index (κ3) is 6.59. The SMILES string of the molecule is CCCNC(=O)c1ccccc1NC(=O)c1ccc(CN(c2cccc(Cl)c2)S(C)(=O)=O)cc1. The molecule has 0 saturated carbocycles. The summed E-state index contributed by atoms with van der Waals surface area (Å²) in [5.41, 5.74) is 2.32. The highest BCUT2D eigenvalue weighted by Crippen LogP contribution is 2.24. The van der Waals surface area contributed by atoms with Crippen molar-refractivity contribution in [3.8, 4) is 0 Å². The number of hydrogen-bond acceptors (Lipinski definition) is 4. The average Bonchev–Trinajstić information content (AvgIpc) is 2.81. The molecule has 3 aromatic carbocycles. The zero-order chi connectivity index (χ0) is 24.7. The van der Waals surface area contributed by atoms with E-state index < -0.39 is 10.0 Å². The van der Waals surface area contributed by atoms with Crippen LogP contribution in [0.15, 0.2) is 72.8 Å². The zero-order valence-electron chi connectivity index (χ0n) is 18.9. The van der Waals surface area contributed by atoms with Gasteiger partial charge in [0.25, 0.3) is 11.8 Å². The van der Waals surface area contributed by atoms with Gasteiger partial charge in [0, 0.05) is 17.1 Å². The molecular weight excluding hydrogens is 474 g/mol. The summed E-state index contributed by atoms with van der Waals surface area (Å²) < 4.78 is 26.0. The number of amides is 2. The lowest BCUT2D eigenvalue weighted by Crippen LogP contribution is -2.29. The number of hydrogen-bond donors (Lipinski definition) is 2. The van der Waals surface area contributed by atoms with Crippen LogP contribution in [0.4, 0.5) is 11.4 Å². The van der Waals surface area contributed by atoms with Crippen molar-refractivity contribution in [1.29, 1.82) is 0 Å². The molecule has 0 spiro atoms. The van der Waals surface area contributed by atoms with Crippen LogP contribution in [0.1, 0.15) is 39.6 Å². The Bertz CT molecular complexity index is 1280. The molecule has 0 unspecified atom stereocenters. The Hall–Kier alpha value is -3.36. The van der Waals surface area contributed by atoms with Crippen LogP contribution in [0.3, 0.4) is 0 Å². The molecular formula is C25H26ClN3O4S. The summed E-state index contributed by atoms with van der Waals surface area (Å²) in [5, 5.41) is 6.02. The fraction of sp³-hybridized carbons (Fsp3) is 0.200. The highest BCUT2D eigenvalue weighted by molar-refractivity contribution is 7.92. The third-order valence-electron chi connectivity index (χ3n) is 4.99. The number of rotatable bonds is 9. The topological polar surface area (TPSA) is 95.6 Å². The van der Waals surface area contributed by atoms with Crippen LogP contribution < -0.4 is 14.9 Å². The molecule has 0 heterocycles. The maximum absolute atomic E-state index is 12.8. The zero-order valence-corrected chi connectivity index (χ0v) is 20.5. The fourth-order valence-electron chi connectivity index (χ4n) is 3.28. The number of carbonyl (C=O) groups is 2. The Kier molecular flexibility index (Phi) is 8.31. The second-order valence-corrected chi connectivity index (χ2v) is 10.0. The third-order valence-corrected chi connectivity index (χ3v) is 6.37. The Morgan fingerprint density at radius 1 is 0.941 bits per heavy atom. The van der Waals surface area contributed by atoms with E-state index in [1.54, 1.807) is 72.8 Å². The lowest BCUT2D eigenvalue weighted by Gasteiger charge is -2.22. The molecule has 0 radical (unpaired) electrons. The van der Waals surface area contributed by atoms with Gasteiger partial charge < -0.3 is 10.6 Å². The van der Waals surface area contributed by atoms with Gasteiger partial charge >= 0.3 is 0 Å². The van der Waals surface area contributed by atoms with Gasteiger partial charge in [0.15, 0.2) is 0 Å². The van der Waals surface area contributed by atoms with Gasteiger partial charge in [0.1, 0.15) is 0 Å². The number of sulfonamides is 1. The molecule has 0 aromatic heterocycles. The van der Waals surface area contributed by atoms with Crippen molar-refractivity contribution in [2.75, 3.05) is 22.4 Å². The van der Waals surface area contributed by atoms with Crippen LogP contribution in [-0.4, -0.2) is 33.0 Å². The number of benzene rings is 3. The summed E-state index contributed by atoms with van der Waals surface area (Å²) in [5.74, 6) is -0.632. The highest BCUT2D eigenvalue weighted by Gasteiger charge is 2.19. The van der Waals surface area contributed by atoms with Gasteiger partial charge in [-0.1, -0.05) is 48.9 Å². The van der Waals surface area contributed by atoms with E-state index in [0.717, 1.165) is 12.7 Å². The number of carbonyl (C=O) groups excluding carboxylic acids is 2. The number of nitrogens with zero attached hydrogens (tertiary/aromatic N) is 1. The molecule has 2 amide bonds. The van der Waals surface area contributed by atoms with Gasteiger partial charge in [-0.2, -0.15) is 0 Å². The Balaban J connectivity index is 1.76. The normalized spacial score (nSPS) is 11.0. The minimum absolute atomic E-state index is 0.0848. The number of halogens is 1. The van der Waals surface area contributed by atoms with Crippen molar-refractivity contribution in [3.05, 3.63) is 94.5 Å². The van der Waals surface area contributed by atoms with Crippen molar-refractivity contribution in [2.24, 2.45) is 0 Å². The highest BCUT2D eigenvalue weighted by atomic mass is 35.5. The van der Waals surface area contributed by atoms with Gasteiger partial charge in [0.05, 0.1) is 29.7 Å². The van der Waals surface area contributed by atoms with Crippen LogP contribution in [0.25, 0.3) is 0 Å². The number of anilines is 2. The van der Waals surface area contributed by atoms with Crippen molar-refractivity contribution < 1.29 is 18.0 Å². The predicted octanol–water partition coefficient (Wildman–Crippen LogP) is 4.70. The minimum Gasteiger partial charge on any atom is -0.352 e. The van der Waals surface area contributed by atoms with Crippen LogP contribution in [0, 0.1) is 0 Å². The molecule has 2 N–H and O–H groups in total. The van der Waals surface area contributed by atoms with E-state index in [1.165, 1.54) is 4.31 Å². The number of para-hydroxylation sites is 1. The molecule has 0 fully saturated rings. The monoisotopic (exact) mass is 499 g/mol. The summed E-state index contributed by atoms with van der Waals surface area (Å²) >= 11 is 6.03. The van der Waals surface area contributed by atoms with Gasteiger partial charge in [0.2, 0.25) is 10.0 Å². The molecule has 0 aliphatic rings. The van der Waals surface area contributed by atoms with Gasteiger partial charge in [-0.3, -0.25) is 13.9 Å². The molecule has 7 nitrogen and oxygen atoms in total. The summed E-state index contributed by atoms with van der Waals surface area (Å²) in [6.45, 7) is 2.59. The van der Waals surface area contributed by atoms with Crippen LogP contribution in [0.5, 0.6) is 0 Å². The molecule has 34 heavy (non-hydrogen) atoms. The maximum Gasteiger partial charge on any atom is 0.255 e. The smallest absolute Gasteiger partial charge is 0.255 e. The van der Waals surface area contributed by atoms with E-state index >= 15 is 0 Å². The lowest BCUT2D eigenvalue weighted by molar-refractivity contribution is 0.0954. The van der Waals surface area contributed by atoms with E-state index in [9.17, 15) is 18.0 Å². The standard InChI is InChI=1S/C25H26ClN3O4S/c1-3-15-27-25(31)22-9-4-5-10-23(22)28-24(30)19-13-11-18(12-14-19)17-29(34(2,32)33)21-8-6-7-20(26)16-21/h4-14,16H,3,15,17H2,1-2H3,(H,27,31)(H,28,30).